The molecular weight excluding hydrogens is 380 g/mol. The second-order valence-corrected chi connectivity index (χ2v) is 7.73. The summed E-state index contributed by atoms with van der Waals surface area (Å²) in [4.78, 5) is 28.2. The topological polar surface area (TPSA) is 61.9 Å². The number of carbonyl (C=O) groups is 2. The molecule has 1 saturated carbocycles. The molecular formula is C21H29F2N3O3. The van der Waals surface area contributed by atoms with Gasteiger partial charge in [-0.15, -0.1) is 0 Å². The van der Waals surface area contributed by atoms with Crippen LogP contribution in [0.2, 0.25) is 0 Å². The van der Waals surface area contributed by atoms with Crippen molar-refractivity contribution in [3.05, 3.63) is 29.8 Å². The van der Waals surface area contributed by atoms with Crippen molar-refractivity contribution < 1.29 is 23.1 Å². The lowest BCUT2D eigenvalue weighted by atomic mass is 9.86. The van der Waals surface area contributed by atoms with Crippen molar-refractivity contribution in [2.24, 2.45) is 5.92 Å². The lowest BCUT2D eigenvalue weighted by molar-refractivity contribution is -0.133. The lowest BCUT2D eigenvalue weighted by Gasteiger charge is -2.35. The number of rotatable bonds is 6. The highest BCUT2D eigenvalue weighted by molar-refractivity contribution is 5.78. The second kappa shape index (κ2) is 10.4. The molecule has 2 aliphatic rings. The van der Waals surface area contributed by atoms with Crippen molar-refractivity contribution in [3.8, 4) is 5.75 Å². The molecule has 1 N–H and O–H groups in total. The summed E-state index contributed by atoms with van der Waals surface area (Å²) in [5, 5.41) is 2.73. The minimum absolute atomic E-state index is 0.0502. The molecule has 8 heteroatoms. The zero-order valence-electron chi connectivity index (χ0n) is 16.7. The highest BCUT2D eigenvalue weighted by atomic mass is 19.1. The third-order valence-corrected chi connectivity index (χ3v) is 5.64. The van der Waals surface area contributed by atoms with Crippen LogP contribution in [0.3, 0.4) is 0 Å². The van der Waals surface area contributed by atoms with Crippen molar-refractivity contribution in [1.29, 1.82) is 0 Å². The van der Waals surface area contributed by atoms with Crippen LogP contribution in [0.25, 0.3) is 0 Å². The first-order valence-electron chi connectivity index (χ1n) is 10.4. The Morgan fingerprint density at radius 1 is 1.03 bits per heavy atom. The molecule has 3 rings (SSSR count). The summed E-state index contributed by atoms with van der Waals surface area (Å²) in [5.74, 6) is -0.772. The lowest BCUT2D eigenvalue weighted by Crippen LogP contribution is -2.53. The number of hydrogen-bond acceptors (Lipinski definition) is 3. The summed E-state index contributed by atoms with van der Waals surface area (Å²) in [7, 11) is 0. The molecule has 0 spiro atoms. The summed E-state index contributed by atoms with van der Waals surface area (Å²) < 4.78 is 31.6. The van der Waals surface area contributed by atoms with Gasteiger partial charge in [0.2, 0.25) is 5.91 Å². The van der Waals surface area contributed by atoms with E-state index < -0.39 is 11.6 Å². The van der Waals surface area contributed by atoms with Gasteiger partial charge in [0, 0.05) is 38.7 Å². The third kappa shape index (κ3) is 6.30. The third-order valence-electron chi connectivity index (χ3n) is 5.64. The molecule has 3 amide bonds. The molecule has 29 heavy (non-hydrogen) atoms. The van der Waals surface area contributed by atoms with Crippen LogP contribution in [-0.2, 0) is 4.79 Å². The number of carbonyl (C=O) groups excluding carboxylic acids is 2. The average Bonchev–Trinajstić information content (AvgIpc) is 2.73. The molecule has 1 aliphatic carbocycles. The SMILES string of the molecule is O=C(CC1CCCCC1)N1CCN(C(=O)NCCOc2ccc(F)cc2F)CC1. The quantitative estimate of drug-likeness (QED) is 0.734. The Kier molecular flexibility index (Phi) is 7.66. The second-order valence-electron chi connectivity index (χ2n) is 7.73. The van der Waals surface area contributed by atoms with Gasteiger partial charge in [0.15, 0.2) is 11.6 Å². The van der Waals surface area contributed by atoms with Crippen molar-refractivity contribution in [1.82, 2.24) is 15.1 Å². The van der Waals surface area contributed by atoms with E-state index in [1.807, 2.05) is 4.90 Å². The van der Waals surface area contributed by atoms with Crippen LogP contribution >= 0.6 is 0 Å². The number of urea groups is 1. The molecule has 1 saturated heterocycles. The van der Waals surface area contributed by atoms with Gasteiger partial charge in [-0.1, -0.05) is 19.3 Å². The van der Waals surface area contributed by atoms with E-state index in [9.17, 15) is 18.4 Å². The van der Waals surface area contributed by atoms with Gasteiger partial charge in [-0.25, -0.2) is 13.6 Å². The standard InChI is InChI=1S/C21H29F2N3O3/c22-17-6-7-19(18(23)15-17)29-13-8-24-21(28)26-11-9-25(10-12-26)20(27)14-16-4-2-1-3-5-16/h6-7,15-16H,1-5,8-14H2,(H,24,28). The molecule has 6 nitrogen and oxygen atoms in total. The summed E-state index contributed by atoms with van der Waals surface area (Å²) in [6.07, 6.45) is 6.66. The number of piperazine rings is 1. The molecule has 160 valence electrons. The van der Waals surface area contributed by atoms with Crippen molar-refractivity contribution in [2.45, 2.75) is 38.5 Å². The largest absolute Gasteiger partial charge is 0.489 e. The maximum atomic E-state index is 13.5. The van der Waals surface area contributed by atoms with E-state index in [1.165, 1.54) is 25.3 Å². The number of nitrogens with one attached hydrogen (secondary N) is 1. The normalized spacial score (nSPS) is 17.9. The Labute approximate surface area is 170 Å². The van der Waals surface area contributed by atoms with Crippen LogP contribution in [0.4, 0.5) is 13.6 Å². The molecule has 1 aromatic carbocycles. The van der Waals surface area contributed by atoms with Gasteiger partial charge in [-0.05, 0) is 30.9 Å². The molecule has 0 aromatic heterocycles. The van der Waals surface area contributed by atoms with Crippen molar-refractivity contribution in [2.75, 3.05) is 39.3 Å². The van der Waals surface area contributed by atoms with Crippen LogP contribution in [0.5, 0.6) is 5.75 Å². The predicted molar refractivity (Wildman–Crippen MR) is 105 cm³/mol. The highest BCUT2D eigenvalue weighted by Gasteiger charge is 2.26. The Morgan fingerprint density at radius 3 is 2.41 bits per heavy atom. The first-order chi connectivity index (χ1) is 14.0. The van der Waals surface area contributed by atoms with Gasteiger partial charge >= 0.3 is 6.03 Å². The van der Waals surface area contributed by atoms with Crippen LogP contribution in [-0.4, -0.2) is 61.1 Å². The molecule has 1 aliphatic heterocycles. The van der Waals surface area contributed by atoms with E-state index in [2.05, 4.69) is 5.32 Å². The Bertz CT molecular complexity index is 702. The molecule has 1 heterocycles. The summed E-state index contributed by atoms with van der Waals surface area (Å²) in [6, 6.07) is 2.86. The minimum Gasteiger partial charge on any atom is -0.489 e. The molecule has 0 atom stereocenters. The number of benzene rings is 1. The Morgan fingerprint density at radius 2 is 1.72 bits per heavy atom. The van der Waals surface area contributed by atoms with Gasteiger partial charge in [-0.3, -0.25) is 4.79 Å². The van der Waals surface area contributed by atoms with E-state index in [1.54, 1.807) is 4.90 Å². The van der Waals surface area contributed by atoms with Crippen molar-refractivity contribution >= 4 is 11.9 Å². The molecule has 2 fully saturated rings. The number of ether oxygens (including phenoxy) is 1. The predicted octanol–water partition coefficient (Wildman–Crippen LogP) is 3.17. The van der Waals surface area contributed by atoms with Crippen LogP contribution in [0.15, 0.2) is 18.2 Å². The monoisotopic (exact) mass is 409 g/mol. The summed E-state index contributed by atoms with van der Waals surface area (Å²) >= 11 is 0. The van der Waals surface area contributed by atoms with Crippen molar-refractivity contribution in [3.63, 3.8) is 0 Å². The zero-order chi connectivity index (χ0) is 20.6. The number of amides is 3. The zero-order valence-corrected chi connectivity index (χ0v) is 16.7. The van der Waals surface area contributed by atoms with E-state index in [0.29, 0.717) is 38.5 Å². The van der Waals surface area contributed by atoms with Crippen LogP contribution in [0.1, 0.15) is 38.5 Å². The fourth-order valence-electron chi connectivity index (χ4n) is 3.95. The number of hydrogen-bond donors (Lipinski definition) is 1. The van der Waals surface area contributed by atoms with Gasteiger partial charge in [0.25, 0.3) is 0 Å². The average molecular weight is 409 g/mol. The molecule has 1 aromatic rings. The summed E-state index contributed by atoms with van der Waals surface area (Å²) in [6.45, 7) is 2.38. The molecule has 0 bridgehead atoms. The van der Waals surface area contributed by atoms with Gasteiger partial charge in [-0.2, -0.15) is 0 Å². The molecule has 0 unspecified atom stereocenters. The minimum atomic E-state index is -0.773. The Hall–Kier alpha value is -2.38. The number of halogens is 2. The van der Waals surface area contributed by atoms with E-state index >= 15 is 0 Å². The van der Waals surface area contributed by atoms with E-state index in [-0.39, 0.29) is 30.8 Å². The number of nitrogens with zero attached hydrogens (tertiary/aromatic N) is 2. The van der Waals surface area contributed by atoms with Crippen LogP contribution < -0.4 is 10.1 Å². The highest BCUT2D eigenvalue weighted by Crippen LogP contribution is 2.27. The van der Waals surface area contributed by atoms with E-state index in [4.69, 9.17) is 4.74 Å². The fourth-order valence-corrected chi connectivity index (χ4v) is 3.95. The summed E-state index contributed by atoms with van der Waals surface area (Å²) in [5.41, 5.74) is 0. The van der Waals surface area contributed by atoms with Gasteiger partial charge in [0.05, 0.1) is 6.54 Å². The first kappa shape index (κ1) is 21.3. The first-order valence-corrected chi connectivity index (χ1v) is 10.4. The Balaban J connectivity index is 1.32. The molecule has 0 radical (unpaired) electrons. The van der Waals surface area contributed by atoms with Gasteiger partial charge < -0.3 is 19.9 Å². The maximum absolute atomic E-state index is 13.5. The van der Waals surface area contributed by atoms with Gasteiger partial charge in [0.1, 0.15) is 12.4 Å². The maximum Gasteiger partial charge on any atom is 0.317 e. The fraction of sp³-hybridized carbons (Fsp3) is 0.619. The smallest absolute Gasteiger partial charge is 0.317 e. The van der Waals surface area contributed by atoms with E-state index in [0.717, 1.165) is 25.0 Å². The van der Waals surface area contributed by atoms with Crippen LogP contribution in [0, 0.1) is 17.6 Å².